The molecule has 1 aromatic heterocycles. The molecule has 0 saturated carbocycles. The summed E-state index contributed by atoms with van der Waals surface area (Å²) >= 11 is 0. The summed E-state index contributed by atoms with van der Waals surface area (Å²) in [5, 5.41) is 13.5. The second-order valence-corrected chi connectivity index (χ2v) is 3.70. The molecule has 0 unspecified atom stereocenters. The van der Waals surface area contributed by atoms with Crippen molar-refractivity contribution in [3.05, 3.63) is 16.3 Å². The molecule has 0 saturated heterocycles. The minimum atomic E-state index is -0.589. The van der Waals surface area contributed by atoms with Gasteiger partial charge < -0.3 is 19.5 Å². The molecule has 1 rings (SSSR count). The Labute approximate surface area is 116 Å². The molecule has 0 aliphatic heterocycles. The normalized spacial score (nSPS) is 10.3. The summed E-state index contributed by atoms with van der Waals surface area (Å²) < 4.78 is 15.4. The van der Waals surface area contributed by atoms with Gasteiger partial charge in [-0.05, 0) is 6.42 Å². The molecule has 9 nitrogen and oxygen atoms in total. The first-order valence-corrected chi connectivity index (χ1v) is 6.07. The van der Waals surface area contributed by atoms with Crippen LogP contribution in [0.2, 0.25) is 0 Å². The minimum Gasteiger partial charge on any atom is -0.470 e. The average molecular weight is 286 g/mol. The van der Waals surface area contributed by atoms with Gasteiger partial charge in [-0.15, -0.1) is 0 Å². The molecule has 20 heavy (non-hydrogen) atoms. The van der Waals surface area contributed by atoms with Crippen LogP contribution in [0.15, 0.2) is 6.20 Å². The van der Waals surface area contributed by atoms with Gasteiger partial charge in [-0.2, -0.15) is 4.98 Å². The van der Waals surface area contributed by atoms with Crippen LogP contribution in [-0.2, 0) is 9.47 Å². The summed E-state index contributed by atoms with van der Waals surface area (Å²) in [6.07, 6.45) is 1.89. The van der Waals surface area contributed by atoms with E-state index >= 15 is 0 Å². The van der Waals surface area contributed by atoms with Gasteiger partial charge in [-0.1, -0.05) is 0 Å². The van der Waals surface area contributed by atoms with Crippen molar-refractivity contribution in [1.82, 2.24) is 9.97 Å². The number of methoxy groups -OCH3 is 1. The van der Waals surface area contributed by atoms with Crippen LogP contribution in [0.4, 0.5) is 11.6 Å². The number of hydrogen-bond acceptors (Lipinski definition) is 8. The molecule has 0 spiro atoms. The number of nitro groups is 1. The topological polar surface area (TPSA) is 109 Å². The second-order valence-electron chi connectivity index (χ2n) is 3.70. The molecule has 0 atom stereocenters. The third kappa shape index (κ3) is 5.33. The zero-order valence-electron chi connectivity index (χ0n) is 11.5. The van der Waals surface area contributed by atoms with Gasteiger partial charge >= 0.3 is 5.69 Å². The summed E-state index contributed by atoms with van der Waals surface area (Å²) in [4.78, 5) is 17.9. The van der Waals surface area contributed by atoms with Crippen molar-refractivity contribution < 1.29 is 19.1 Å². The van der Waals surface area contributed by atoms with Gasteiger partial charge in [0.2, 0.25) is 5.95 Å². The van der Waals surface area contributed by atoms with Crippen LogP contribution in [0.5, 0.6) is 5.88 Å². The predicted octanol–water partition coefficient (Wildman–Crippen LogP) is 0.858. The van der Waals surface area contributed by atoms with Gasteiger partial charge in [0.05, 0.1) is 11.5 Å². The van der Waals surface area contributed by atoms with Gasteiger partial charge in [0.25, 0.3) is 5.88 Å². The molecule has 0 aliphatic carbocycles. The van der Waals surface area contributed by atoms with E-state index in [1.54, 1.807) is 14.2 Å². The van der Waals surface area contributed by atoms with E-state index in [9.17, 15) is 10.1 Å². The van der Waals surface area contributed by atoms with Crippen LogP contribution in [-0.4, -0.2) is 55.5 Å². The Morgan fingerprint density at radius 2 is 2.15 bits per heavy atom. The minimum absolute atomic E-state index is 0.0742. The Morgan fingerprint density at radius 3 is 2.80 bits per heavy atom. The second kappa shape index (κ2) is 8.99. The number of nitrogens with zero attached hydrogens (tertiary/aromatic N) is 3. The molecular weight excluding hydrogens is 268 g/mol. The number of anilines is 1. The zero-order chi connectivity index (χ0) is 14.8. The van der Waals surface area contributed by atoms with E-state index in [0.717, 1.165) is 12.6 Å². The molecule has 1 heterocycles. The van der Waals surface area contributed by atoms with Crippen molar-refractivity contribution in [3.63, 3.8) is 0 Å². The van der Waals surface area contributed by atoms with Crippen molar-refractivity contribution >= 4 is 11.6 Å². The highest BCUT2D eigenvalue weighted by atomic mass is 16.6. The maximum absolute atomic E-state index is 10.8. The number of nitrogens with one attached hydrogen (secondary N) is 1. The summed E-state index contributed by atoms with van der Waals surface area (Å²) in [6, 6.07) is 0. The molecule has 0 fully saturated rings. The molecule has 0 bridgehead atoms. The summed E-state index contributed by atoms with van der Waals surface area (Å²) in [5.41, 5.74) is -0.275. The fourth-order valence-corrected chi connectivity index (χ4v) is 1.32. The molecule has 9 heteroatoms. The third-order valence-corrected chi connectivity index (χ3v) is 2.26. The molecule has 112 valence electrons. The van der Waals surface area contributed by atoms with Gasteiger partial charge in [0.1, 0.15) is 12.8 Å². The van der Waals surface area contributed by atoms with E-state index in [1.807, 2.05) is 0 Å². The highest BCUT2D eigenvalue weighted by Crippen LogP contribution is 2.24. The van der Waals surface area contributed by atoms with Crippen LogP contribution in [0, 0.1) is 10.1 Å². The monoisotopic (exact) mass is 286 g/mol. The van der Waals surface area contributed by atoms with Gasteiger partial charge in [0, 0.05) is 27.4 Å². The van der Waals surface area contributed by atoms with Crippen molar-refractivity contribution in [3.8, 4) is 5.88 Å². The molecule has 0 radical (unpaired) electrons. The molecule has 0 amide bonds. The molecule has 0 aliphatic rings. The highest BCUT2D eigenvalue weighted by molar-refractivity contribution is 5.42. The Hall–Kier alpha value is -2.00. The lowest BCUT2D eigenvalue weighted by Gasteiger charge is -2.07. The van der Waals surface area contributed by atoms with E-state index in [2.05, 4.69) is 15.3 Å². The van der Waals surface area contributed by atoms with Crippen molar-refractivity contribution in [2.75, 3.05) is 45.9 Å². The lowest BCUT2D eigenvalue weighted by molar-refractivity contribution is -0.386. The summed E-state index contributed by atoms with van der Waals surface area (Å²) in [7, 11) is 3.24. The Bertz CT molecular complexity index is 429. The quantitative estimate of drug-likeness (QED) is 0.383. The number of hydrogen-bond donors (Lipinski definition) is 1. The van der Waals surface area contributed by atoms with Crippen molar-refractivity contribution in [1.29, 1.82) is 0 Å². The van der Waals surface area contributed by atoms with Gasteiger partial charge in [-0.25, -0.2) is 4.98 Å². The average Bonchev–Trinajstić information content (AvgIpc) is 2.45. The molecule has 0 aromatic carbocycles. The smallest absolute Gasteiger partial charge is 0.349 e. The standard InChI is InChI=1S/C11H18N4O5/c1-12-11-13-8-9(15(16)17)10(14-11)20-7-6-19-5-3-4-18-2/h8H,3-7H2,1-2H3,(H,12,13,14). The first kappa shape index (κ1) is 16.1. The molecular formula is C11H18N4O5. The number of aromatic nitrogens is 2. The maximum Gasteiger partial charge on any atom is 0.349 e. The van der Waals surface area contributed by atoms with E-state index in [-0.39, 0.29) is 24.1 Å². The van der Waals surface area contributed by atoms with Crippen molar-refractivity contribution in [2.45, 2.75) is 6.42 Å². The molecule has 1 aromatic rings. The summed E-state index contributed by atoms with van der Waals surface area (Å²) in [5.74, 6) is 0.182. The Morgan fingerprint density at radius 1 is 1.35 bits per heavy atom. The fourth-order valence-electron chi connectivity index (χ4n) is 1.32. The lowest BCUT2D eigenvalue weighted by Crippen LogP contribution is -2.11. The Balaban J connectivity index is 2.43. The van der Waals surface area contributed by atoms with E-state index < -0.39 is 4.92 Å². The largest absolute Gasteiger partial charge is 0.470 e. The number of ether oxygens (including phenoxy) is 3. The SMILES string of the molecule is CNc1ncc([N+](=O)[O-])c(OCCOCCCOC)n1. The van der Waals surface area contributed by atoms with Crippen LogP contribution in [0.25, 0.3) is 0 Å². The number of rotatable bonds is 10. The van der Waals surface area contributed by atoms with Crippen LogP contribution in [0.3, 0.4) is 0 Å². The van der Waals surface area contributed by atoms with E-state index in [4.69, 9.17) is 14.2 Å². The summed E-state index contributed by atoms with van der Waals surface area (Å²) in [6.45, 7) is 1.67. The van der Waals surface area contributed by atoms with Crippen molar-refractivity contribution in [2.24, 2.45) is 0 Å². The van der Waals surface area contributed by atoms with Crippen LogP contribution >= 0.6 is 0 Å². The van der Waals surface area contributed by atoms with E-state index in [0.29, 0.717) is 19.8 Å². The van der Waals surface area contributed by atoms with Crippen LogP contribution < -0.4 is 10.1 Å². The first-order chi connectivity index (χ1) is 9.69. The zero-order valence-corrected chi connectivity index (χ0v) is 11.5. The van der Waals surface area contributed by atoms with Gasteiger partial charge in [-0.3, -0.25) is 10.1 Å². The van der Waals surface area contributed by atoms with E-state index in [1.165, 1.54) is 0 Å². The third-order valence-electron chi connectivity index (χ3n) is 2.26. The molecule has 1 N–H and O–H groups in total. The predicted molar refractivity (Wildman–Crippen MR) is 71.0 cm³/mol. The maximum atomic E-state index is 10.8. The highest BCUT2D eigenvalue weighted by Gasteiger charge is 2.18. The first-order valence-electron chi connectivity index (χ1n) is 6.07. The van der Waals surface area contributed by atoms with Gasteiger partial charge in [0.15, 0.2) is 0 Å². The lowest BCUT2D eigenvalue weighted by atomic mass is 10.5. The fraction of sp³-hybridized carbons (Fsp3) is 0.636. The Kier molecular flexibility index (Phi) is 7.22. The van der Waals surface area contributed by atoms with Crippen LogP contribution in [0.1, 0.15) is 6.42 Å².